The number of nitrogens with zero attached hydrogens (tertiary/aromatic N) is 2. The molecule has 0 spiro atoms. The molecule has 1 heterocycles. The van der Waals surface area contributed by atoms with Crippen LogP contribution >= 0.6 is 11.6 Å². The minimum Gasteiger partial charge on any atom is -0.473 e. The van der Waals surface area contributed by atoms with Crippen LogP contribution in [-0.2, 0) is 0 Å². The van der Waals surface area contributed by atoms with Crippen LogP contribution in [0.5, 0.6) is 5.75 Å². The largest absolute Gasteiger partial charge is 0.473 e. The molecular weight excluding hydrogens is 345 g/mol. The molecule has 5 nitrogen and oxygen atoms in total. The highest BCUT2D eigenvalue weighted by atomic mass is 35.5. The van der Waals surface area contributed by atoms with Gasteiger partial charge in [0.1, 0.15) is 11.6 Å². The number of hydrogen-bond donors (Lipinski definition) is 1. The van der Waals surface area contributed by atoms with Crippen LogP contribution in [0.1, 0.15) is 0 Å². The highest BCUT2D eigenvalue weighted by Gasteiger charge is 2.21. The van der Waals surface area contributed by atoms with Crippen molar-refractivity contribution in [2.45, 2.75) is 0 Å². The monoisotopic (exact) mass is 363 g/mol. The number of amides is 2. The normalized spacial score (nSPS) is 14.3. The van der Waals surface area contributed by atoms with Gasteiger partial charge < -0.3 is 19.9 Å². The Morgan fingerprint density at radius 1 is 1.04 bits per heavy atom. The maximum Gasteiger partial charge on any atom is 0.320 e. The molecule has 132 valence electrons. The minimum absolute atomic E-state index is 0.0959. The van der Waals surface area contributed by atoms with Crippen LogP contribution in [0.25, 0.3) is 0 Å². The molecule has 0 atom stereocenters. The lowest BCUT2D eigenvalue weighted by Crippen LogP contribution is -2.52. The topological polar surface area (TPSA) is 44.8 Å². The van der Waals surface area contributed by atoms with Crippen LogP contribution in [0.15, 0.2) is 48.5 Å². The number of ether oxygens (including phenoxy) is 1. The summed E-state index contributed by atoms with van der Waals surface area (Å²) in [5, 5.41) is 3.38. The number of rotatable bonds is 4. The quantitative estimate of drug-likeness (QED) is 0.847. The molecule has 0 aromatic heterocycles. The van der Waals surface area contributed by atoms with Gasteiger partial charge in [-0.2, -0.15) is 0 Å². The summed E-state index contributed by atoms with van der Waals surface area (Å²) in [5.74, 6) is 0.397. The molecular formula is C18H19ClFN3O2. The zero-order valence-electron chi connectivity index (χ0n) is 13.6. The van der Waals surface area contributed by atoms with E-state index in [4.69, 9.17) is 16.3 Å². The molecule has 0 radical (unpaired) electrons. The summed E-state index contributed by atoms with van der Waals surface area (Å²) in [4.78, 5) is 16.0. The molecule has 0 unspecified atom stereocenters. The van der Waals surface area contributed by atoms with E-state index in [1.807, 2.05) is 0 Å². The van der Waals surface area contributed by atoms with Gasteiger partial charge >= 0.3 is 6.03 Å². The lowest BCUT2D eigenvalue weighted by atomic mass is 10.2. The summed E-state index contributed by atoms with van der Waals surface area (Å²) in [6, 6.07) is 13.2. The van der Waals surface area contributed by atoms with Crippen LogP contribution in [0.2, 0.25) is 5.02 Å². The Kier molecular flexibility index (Phi) is 5.60. The number of anilines is 1. The number of urea groups is 1. The molecule has 1 fully saturated rings. The van der Waals surface area contributed by atoms with Gasteiger partial charge in [0.05, 0.1) is 0 Å². The van der Waals surface area contributed by atoms with Crippen molar-refractivity contribution in [3.8, 4) is 5.75 Å². The van der Waals surface area contributed by atoms with Crippen LogP contribution < -0.4 is 15.0 Å². The van der Waals surface area contributed by atoms with E-state index in [0.29, 0.717) is 37.0 Å². The molecule has 0 saturated carbocycles. The van der Waals surface area contributed by atoms with Crippen molar-refractivity contribution in [3.63, 3.8) is 0 Å². The molecule has 2 aromatic rings. The Bertz CT molecular complexity index is 701. The van der Waals surface area contributed by atoms with Gasteiger partial charge in [0.25, 0.3) is 0 Å². The van der Waals surface area contributed by atoms with E-state index in [2.05, 4.69) is 10.2 Å². The van der Waals surface area contributed by atoms with Crippen molar-refractivity contribution in [3.05, 3.63) is 59.4 Å². The fourth-order valence-electron chi connectivity index (χ4n) is 2.64. The van der Waals surface area contributed by atoms with E-state index >= 15 is 0 Å². The molecule has 7 heteroatoms. The van der Waals surface area contributed by atoms with Gasteiger partial charge in [-0.15, -0.1) is 0 Å². The number of carbonyl (C=O) groups is 1. The van der Waals surface area contributed by atoms with Crippen molar-refractivity contribution in [2.75, 3.05) is 37.8 Å². The van der Waals surface area contributed by atoms with Gasteiger partial charge in [0, 0.05) is 36.9 Å². The highest BCUT2D eigenvalue weighted by molar-refractivity contribution is 6.30. The zero-order valence-corrected chi connectivity index (χ0v) is 14.4. The minimum atomic E-state index is -0.248. The third-order valence-electron chi connectivity index (χ3n) is 4.03. The van der Waals surface area contributed by atoms with Crippen molar-refractivity contribution in [1.82, 2.24) is 10.2 Å². The second kappa shape index (κ2) is 8.07. The fourth-order valence-corrected chi connectivity index (χ4v) is 2.77. The van der Waals surface area contributed by atoms with Crippen LogP contribution in [0, 0.1) is 5.82 Å². The average Bonchev–Trinajstić information content (AvgIpc) is 2.64. The maximum absolute atomic E-state index is 13.0. The van der Waals surface area contributed by atoms with Crippen LogP contribution in [-0.4, -0.2) is 43.8 Å². The van der Waals surface area contributed by atoms with E-state index in [1.165, 1.54) is 12.1 Å². The van der Waals surface area contributed by atoms with Gasteiger partial charge in [0.15, 0.2) is 6.73 Å². The summed E-state index contributed by atoms with van der Waals surface area (Å²) >= 11 is 5.81. The summed E-state index contributed by atoms with van der Waals surface area (Å²) in [6.45, 7) is 2.71. The predicted molar refractivity (Wildman–Crippen MR) is 95.7 cm³/mol. The lowest BCUT2D eigenvalue weighted by Gasteiger charge is -2.36. The molecule has 2 aromatic carbocycles. The molecule has 0 aliphatic carbocycles. The second-order valence-corrected chi connectivity index (χ2v) is 6.11. The molecule has 1 aliphatic heterocycles. The first kappa shape index (κ1) is 17.4. The fraction of sp³-hybridized carbons (Fsp3) is 0.278. The predicted octanol–water partition coefficient (Wildman–Crippen LogP) is 3.35. The SMILES string of the molecule is O=C(NCOc1ccc(Cl)cc1)N1CCN(c2ccc(F)cc2)CC1. The summed E-state index contributed by atoms with van der Waals surface area (Å²) < 4.78 is 18.4. The number of carbonyl (C=O) groups excluding carboxylic acids is 1. The van der Waals surface area contributed by atoms with E-state index in [0.717, 1.165) is 5.69 Å². The van der Waals surface area contributed by atoms with E-state index < -0.39 is 0 Å². The van der Waals surface area contributed by atoms with Gasteiger partial charge in [-0.05, 0) is 48.5 Å². The summed E-state index contributed by atoms with van der Waals surface area (Å²) in [5.41, 5.74) is 0.965. The Morgan fingerprint density at radius 2 is 1.68 bits per heavy atom. The first-order chi connectivity index (χ1) is 12.1. The molecule has 1 N–H and O–H groups in total. The third kappa shape index (κ3) is 4.76. The smallest absolute Gasteiger partial charge is 0.320 e. The van der Waals surface area contributed by atoms with Crippen LogP contribution in [0.3, 0.4) is 0 Å². The van der Waals surface area contributed by atoms with Crippen LogP contribution in [0.4, 0.5) is 14.9 Å². The third-order valence-corrected chi connectivity index (χ3v) is 4.29. The number of piperazine rings is 1. The highest BCUT2D eigenvalue weighted by Crippen LogP contribution is 2.17. The molecule has 1 saturated heterocycles. The van der Waals surface area contributed by atoms with Gasteiger partial charge in [-0.25, -0.2) is 9.18 Å². The maximum atomic E-state index is 13.0. The van der Waals surface area contributed by atoms with Crippen molar-refractivity contribution in [2.24, 2.45) is 0 Å². The molecule has 1 aliphatic rings. The van der Waals surface area contributed by atoms with Crippen molar-refractivity contribution in [1.29, 1.82) is 0 Å². The summed E-state index contributed by atoms with van der Waals surface area (Å²) in [7, 11) is 0. The molecule has 25 heavy (non-hydrogen) atoms. The average molecular weight is 364 g/mol. The Hall–Kier alpha value is -2.47. The van der Waals surface area contributed by atoms with E-state index in [-0.39, 0.29) is 18.6 Å². The van der Waals surface area contributed by atoms with Crippen molar-refractivity contribution >= 4 is 23.3 Å². The van der Waals surface area contributed by atoms with Crippen molar-refractivity contribution < 1.29 is 13.9 Å². The standard InChI is InChI=1S/C18H19ClFN3O2/c19-14-1-7-17(8-2-14)25-13-21-18(24)23-11-9-22(10-12-23)16-5-3-15(20)4-6-16/h1-8H,9-13H2,(H,21,24). The summed E-state index contributed by atoms with van der Waals surface area (Å²) in [6.07, 6.45) is 0. The number of hydrogen-bond acceptors (Lipinski definition) is 3. The Morgan fingerprint density at radius 3 is 2.32 bits per heavy atom. The zero-order chi connectivity index (χ0) is 17.6. The Labute approximate surface area is 150 Å². The first-order valence-electron chi connectivity index (χ1n) is 8.03. The van der Waals surface area contributed by atoms with E-state index in [9.17, 15) is 9.18 Å². The molecule has 3 rings (SSSR count). The number of nitrogens with one attached hydrogen (secondary N) is 1. The first-order valence-corrected chi connectivity index (χ1v) is 8.41. The van der Waals surface area contributed by atoms with E-state index in [1.54, 1.807) is 41.3 Å². The van der Waals surface area contributed by atoms with Gasteiger partial charge in [-0.3, -0.25) is 0 Å². The lowest BCUT2D eigenvalue weighted by molar-refractivity contribution is 0.181. The van der Waals surface area contributed by atoms with Gasteiger partial charge in [0.2, 0.25) is 0 Å². The molecule has 0 bridgehead atoms. The van der Waals surface area contributed by atoms with Gasteiger partial charge in [-0.1, -0.05) is 11.6 Å². The Balaban J connectivity index is 1.42. The second-order valence-electron chi connectivity index (χ2n) is 5.68. The number of benzene rings is 2. The molecule has 2 amide bonds. The number of halogens is 2.